The topological polar surface area (TPSA) is 88.5 Å². The molecular weight excluding hydrogens is 398 g/mol. The minimum Gasteiger partial charge on any atom is -0.312 e. The summed E-state index contributed by atoms with van der Waals surface area (Å²) in [5, 5.41) is 0. The normalized spacial score (nSPS) is 14.9. The van der Waals surface area contributed by atoms with E-state index >= 15 is 0 Å². The number of anilines is 1. The molecule has 0 atom stereocenters. The van der Waals surface area contributed by atoms with E-state index in [1.807, 2.05) is 24.3 Å². The van der Waals surface area contributed by atoms with Gasteiger partial charge in [-0.1, -0.05) is 23.5 Å². The number of amides is 1. The number of benzene rings is 2. The fraction of sp³-hybridized carbons (Fsp3) is 0.263. The van der Waals surface area contributed by atoms with Crippen LogP contribution in [0.3, 0.4) is 0 Å². The van der Waals surface area contributed by atoms with Crippen LogP contribution >= 0.6 is 11.3 Å². The van der Waals surface area contributed by atoms with Crippen LogP contribution < -0.4 is 14.5 Å². The largest absolute Gasteiger partial charge is 0.312 e. The van der Waals surface area contributed by atoms with Gasteiger partial charge in [0.2, 0.25) is 15.9 Å². The molecule has 0 spiro atoms. The number of sulfonamides is 1. The molecule has 2 aromatic carbocycles. The van der Waals surface area contributed by atoms with Crippen molar-refractivity contribution in [2.45, 2.75) is 24.3 Å². The fourth-order valence-corrected chi connectivity index (χ4v) is 5.34. The monoisotopic (exact) mass is 417 g/mol. The van der Waals surface area contributed by atoms with Gasteiger partial charge >= 0.3 is 4.87 Å². The Morgan fingerprint density at radius 2 is 1.96 bits per heavy atom. The first kappa shape index (κ1) is 18.9. The average molecular weight is 418 g/mol. The zero-order valence-electron chi connectivity index (χ0n) is 15.2. The Bertz CT molecular complexity index is 1230. The number of thiazole rings is 1. The number of fused-ring (bicyclic) bond motifs is 1. The van der Waals surface area contributed by atoms with Crippen LogP contribution in [0.1, 0.15) is 18.4 Å². The van der Waals surface area contributed by atoms with Crippen LogP contribution in [0.5, 0.6) is 0 Å². The molecule has 0 unspecified atom stereocenters. The summed E-state index contributed by atoms with van der Waals surface area (Å²) in [6.07, 6.45) is 1.38. The molecule has 7 nitrogen and oxygen atoms in total. The first-order chi connectivity index (χ1) is 13.3. The number of aryl methyl sites for hydroxylation is 1. The summed E-state index contributed by atoms with van der Waals surface area (Å²) >= 11 is 1.02. The Morgan fingerprint density at radius 3 is 2.71 bits per heavy atom. The van der Waals surface area contributed by atoms with Crippen molar-refractivity contribution in [3.05, 3.63) is 57.7 Å². The van der Waals surface area contributed by atoms with Gasteiger partial charge in [0.05, 0.1) is 15.1 Å². The van der Waals surface area contributed by atoms with Gasteiger partial charge in [-0.2, -0.15) is 0 Å². The molecule has 0 radical (unpaired) electrons. The summed E-state index contributed by atoms with van der Waals surface area (Å²) in [6, 6.07) is 12.0. The highest BCUT2D eigenvalue weighted by Gasteiger charge is 2.22. The molecule has 1 amide bonds. The zero-order chi connectivity index (χ0) is 19.9. The molecule has 28 heavy (non-hydrogen) atoms. The van der Waals surface area contributed by atoms with Crippen molar-refractivity contribution in [3.8, 4) is 0 Å². The van der Waals surface area contributed by atoms with Gasteiger partial charge in [-0.15, -0.1) is 0 Å². The summed E-state index contributed by atoms with van der Waals surface area (Å²) in [4.78, 5) is 25.4. The molecule has 1 aliphatic rings. The minimum atomic E-state index is -3.73. The maximum Gasteiger partial charge on any atom is 0.307 e. The number of rotatable bonds is 5. The van der Waals surface area contributed by atoms with Crippen LogP contribution in [0.2, 0.25) is 0 Å². The molecule has 1 N–H and O–H groups in total. The van der Waals surface area contributed by atoms with E-state index < -0.39 is 10.0 Å². The van der Waals surface area contributed by atoms with Gasteiger partial charge in [-0.05, 0) is 42.3 Å². The standard InChI is InChI=1S/C19H19N3O4S2/c1-21-16-8-7-15(11-17(16)27-19(21)24)28(25,26)20-12-13-4-2-5-14(10-13)22-9-3-6-18(22)23/h2,4-5,7-8,10-11,20H,3,6,9,12H2,1H3. The Hall–Kier alpha value is -2.49. The van der Waals surface area contributed by atoms with Crippen LogP contribution in [-0.4, -0.2) is 25.4 Å². The molecule has 0 bridgehead atoms. The number of nitrogens with one attached hydrogen (secondary N) is 1. The van der Waals surface area contributed by atoms with Crippen LogP contribution in [0.4, 0.5) is 5.69 Å². The maximum atomic E-state index is 12.7. The number of carbonyl (C=O) groups excluding carboxylic acids is 1. The number of hydrogen-bond donors (Lipinski definition) is 1. The predicted octanol–water partition coefficient (Wildman–Crippen LogP) is 2.21. The second kappa shape index (κ2) is 7.16. The van der Waals surface area contributed by atoms with Crippen molar-refractivity contribution in [2.24, 2.45) is 7.05 Å². The van der Waals surface area contributed by atoms with Crippen molar-refractivity contribution in [3.63, 3.8) is 0 Å². The third kappa shape index (κ3) is 3.48. The highest BCUT2D eigenvalue weighted by molar-refractivity contribution is 7.89. The molecule has 3 aromatic rings. The molecule has 1 fully saturated rings. The SMILES string of the molecule is Cn1c(=O)sc2cc(S(=O)(=O)NCc3cccc(N4CCCC4=O)c3)ccc21. The van der Waals surface area contributed by atoms with Crippen molar-refractivity contribution in [2.75, 3.05) is 11.4 Å². The first-order valence-corrected chi connectivity index (χ1v) is 11.1. The highest BCUT2D eigenvalue weighted by atomic mass is 32.2. The lowest BCUT2D eigenvalue weighted by molar-refractivity contribution is -0.117. The number of nitrogens with zero attached hydrogens (tertiary/aromatic N) is 2. The first-order valence-electron chi connectivity index (χ1n) is 8.84. The van der Waals surface area contributed by atoms with Crippen molar-refractivity contribution >= 4 is 43.2 Å². The van der Waals surface area contributed by atoms with E-state index in [9.17, 15) is 18.0 Å². The summed E-state index contributed by atoms with van der Waals surface area (Å²) in [5.41, 5.74) is 2.26. The smallest absolute Gasteiger partial charge is 0.307 e. The Labute approximate surface area is 166 Å². The van der Waals surface area contributed by atoms with E-state index in [2.05, 4.69) is 4.72 Å². The van der Waals surface area contributed by atoms with E-state index in [4.69, 9.17) is 0 Å². The fourth-order valence-electron chi connectivity index (χ4n) is 3.30. The van der Waals surface area contributed by atoms with E-state index in [1.165, 1.54) is 16.7 Å². The molecular formula is C19H19N3O4S2. The summed E-state index contributed by atoms with van der Waals surface area (Å²) < 4.78 is 30.1. The lowest BCUT2D eigenvalue weighted by Crippen LogP contribution is -2.25. The van der Waals surface area contributed by atoms with Crippen LogP contribution in [0.25, 0.3) is 10.2 Å². The van der Waals surface area contributed by atoms with Crippen LogP contribution in [0.15, 0.2) is 52.2 Å². The van der Waals surface area contributed by atoms with Gasteiger partial charge in [-0.25, -0.2) is 13.1 Å². The maximum absolute atomic E-state index is 12.7. The van der Waals surface area contributed by atoms with Gasteiger partial charge in [0.15, 0.2) is 0 Å². The van der Waals surface area contributed by atoms with E-state index in [0.717, 1.165) is 29.0 Å². The minimum absolute atomic E-state index is 0.0906. The Morgan fingerprint density at radius 1 is 1.14 bits per heavy atom. The van der Waals surface area contributed by atoms with Crippen molar-refractivity contribution in [1.82, 2.24) is 9.29 Å². The third-order valence-electron chi connectivity index (χ3n) is 4.84. The summed E-state index contributed by atoms with van der Waals surface area (Å²) in [6.45, 7) is 0.801. The van der Waals surface area contributed by atoms with E-state index in [-0.39, 0.29) is 22.2 Å². The summed E-state index contributed by atoms with van der Waals surface area (Å²) in [5.74, 6) is 0.0906. The third-order valence-corrected chi connectivity index (χ3v) is 7.23. The van der Waals surface area contributed by atoms with Gasteiger partial charge in [0.25, 0.3) is 0 Å². The van der Waals surface area contributed by atoms with Crippen LogP contribution in [-0.2, 0) is 28.4 Å². The predicted molar refractivity (Wildman–Crippen MR) is 109 cm³/mol. The average Bonchev–Trinajstić information content (AvgIpc) is 3.23. The van der Waals surface area contributed by atoms with Crippen molar-refractivity contribution < 1.29 is 13.2 Å². The Kier molecular flexibility index (Phi) is 4.82. The second-order valence-corrected chi connectivity index (χ2v) is 9.46. The molecule has 1 saturated heterocycles. The second-order valence-electron chi connectivity index (χ2n) is 6.70. The molecule has 4 rings (SSSR count). The number of hydrogen-bond acceptors (Lipinski definition) is 5. The lowest BCUT2D eigenvalue weighted by Gasteiger charge is -2.16. The molecule has 146 valence electrons. The quantitative estimate of drug-likeness (QED) is 0.689. The van der Waals surface area contributed by atoms with Gasteiger partial charge in [0, 0.05) is 32.2 Å². The van der Waals surface area contributed by atoms with E-state index in [1.54, 1.807) is 18.0 Å². The van der Waals surface area contributed by atoms with Crippen molar-refractivity contribution in [1.29, 1.82) is 0 Å². The molecule has 1 aromatic heterocycles. The highest BCUT2D eigenvalue weighted by Crippen LogP contribution is 2.23. The Balaban J connectivity index is 1.54. The number of carbonyl (C=O) groups is 1. The zero-order valence-corrected chi connectivity index (χ0v) is 16.8. The molecule has 9 heteroatoms. The summed E-state index contributed by atoms with van der Waals surface area (Å²) in [7, 11) is -2.07. The lowest BCUT2D eigenvalue weighted by atomic mass is 10.2. The molecule has 2 heterocycles. The molecule has 0 aliphatic carbocycles. The molecule has 0 saturated carbocycles. The number of aromatic nitrogens is 1. The van der Waals surface area contributed by atoms with Gasteiger partial charge in [0.1, 0.15) is 0 Å². The van der Waals surface area contributed by atoms with Gasteiger partial charge in [-0.3, -0.25) is 9.59 Å². The van der Waals surface area contributed by atoms with E-state index in [0.29, 0.717) is 23.2 Å². The van der Waals surface area contributed by atoms with Crippen LogP contribution in [0, 0.1) is 0 Å². The molecule has 1 aliphatic heterocycles. The van der Waals surface area contributed by atoms with Gasteiger partial charge < -0.3 is 9.47 Å².